The fourth-order valence-corrected chi connectivity index (χ4v) is 2.95. The van der Waals surface area contributed by atoms with Gasteiger partial charge in [-0.2, -0.15) is 0 Å². The summed E-state index contributed by atoms with van der Waals surface area (Å²) in [6, 6.07) is 19.7. The van der Waals surface area contributed by atoms with Crippen LogP contribution in [0, 0.1) is 5.82 Å². The van der Waals surface area contributed by atoms with Crippen molar-refractivity contribution in [3.8, 4) is 5.75 Å². The Hall–Kier alpha value is -3.47. The number of anilines is 1. The molecule has 1 amide bonds. The molecule has 3 rings (SSSR count). The maximum Gasteiger partial charge on any atom is 0.262 e. The van der Waals surface area contributed by atoms with Gasteiger partial charge in [0.15, 0.2) is 12.4 Å². The van der Waals surface area contributed by atoms with E-state index in [-0.39, 0.29) is 24.1 Å². The molecule has 30 heavy (non-hydrogen) atoms. The predicted octanol–water partition coefficient (Wildman–Crippen LogP) is 5.59. The smallest absolute Gasteiger partial charge is 0.262 e. The van der Waals surface area contributed by atoms with Gasteiger partial charge < -0.3 is 10.1 Å². The second-order valence-corrected chi connectivity index (χ2v) is 7.13. The minimum atomic E-state index is -0.389. The molecule has 5 heteroatoms. The summed E-state index contributed by atoms with van der Waals surface area (Å²) in [5.41, 5.74) is 2.82. The van der Waals surface area contributed by atoms with Gasteiger partial charge in [-0.15, -0.1) is 0 Å². The number of benzene rings is 3. The van der Waals surface area contributed by atoms with Gasteiger partial charge in [-0.05, 0) is 78.6 Å². The van der Waals surface area contributed by atoms with E-state index in [0.717, 1.165) is 12.1 Å². The fourth-order valence-electron chi connectivity index (χ4n) is 2.95. The van der Waals surface area contributed by atoms with Crippen molar-refractivity contribution in [3.05, 3.63) is 95.3 Å². The number of ether oxygens (including phenoxy) is 1. The third-order valence-corrected chi connectivity index (χ3v) is 4.97. The van der Waals surface area contributed by atoms with E-state index < -0.39 is 0 Å². The van der Waals surface area contributed by atoms with Crippen molar-refractivity contribution in [3.63, 3.8) is 0 Å². The van der Waals surface area contributed by atoms with Gasteiger partial charge in [-0.3, -0.25) is 9.59 Å². The average molecular weight is 405 g/mol. The highest BCUT2D eigenvalue weighted by Gasteiger charge is 2.10. The third kappa shape index (κ3) is 5.54. The van der Waals surface area contributed by atoms with Crippen LogP contribution in [-0.2, 0) is 4.79 Å². The fraction of sp³-hybridized carbons (Fsp3) is 0.200. The van der Waals surface area contributed by atoms with Crippen molar-refractivity contribution >= 4 is 17.4 Å². The number of carbonyl (C=O) groups is 2. The lowest BCUT2D eigenvalue weighted by atomic mass is 9.99. The van der Waals surface area contributed by atoms with Crippen LogP contribution in [0.1, 0.15) is 47.7 Å². The molecule has 0 aliphatic rings. The molecule has 154 valence electrons. The van der Waals surface area contributed by atoms with Crippen LogP contribution in [0.3, 0.4) is 0 Å². The summed E-state index contributed by atoms with van der Waals surface area (Å²) in [5, 5.41) is 2.80. The molecule has 3 aromatic carbocycles. The van der Waals surface area contributed by atoms with E-state index in [2.05, 4.69) is 19.2 Å². The average Bonchev–Trinajstić information content (AvgIpc) is 2.78. The Morgan fingerprint density at radius 2 is 1.47 bits per heavy atom. The highest BCUT2D eigenvalue weighted by atomic mass is 19.1. The SMILES string of the molecule is CC[C@@H](C)c1ccc(NC(=O)COc2ccc(C(=O)c3ccc(F)cc3)cc2)cc1. The molecule has 0 heterocycles. The molecule has 0 aliphatic carbocycles. The summed E-state index contributed by atoms with van der Waals surface area (Å²) in [6.45, 7) is 4.17. The maximum atomic E-state index is 13.0. The Morgan fingerprint density at radius 1 is 0.900 bits per heavy atom. The minimum absolute atomic E-state index is 0.141. The van der Waals surface area contributed by atoms with Crippen LogP contribution >= 0.6 is 0 Å². The van der Waals surface area contributed by atoms with Gasteiger partial charge in [0.1, 0.15) is 11.6 Å². The molecule has 0 radical (unpaired) electrons. The van der Waals surface area contributed by atoms with Crippen molar-refractivity contribution in [1.82, 2.24) is 0 Å². The van der Waals surface area contributed by atoms with E-state index in [1.165, 1.54) is 29.8 Å². The Balaban J connectivity index is 1.52. The van der Waals surface area contributed by atoms with Gasteiger partial charge >= 0.3 is 0 Å². The van der Waals surface area contributed by atoms with Gasteiger partial charge in [-0.1, -0.05) is 26.0 Å². The summed E-state index contributed by atoms with van der Waals surface area (Å²) < 4.78 is 18.5. The first-order chi connectivity index (χ1) is 14.5. The van der Waals surface area contributed by atoms with Crippen molar-refractivity contribution < 1.29 is 18.7 Å². The molecule has 0 unspecified atom stereocenters. The molecular formula is C25H24FNO3. The lowest BCUT2D eigenvalue weighted by Crippen LogP contribution is -2.20. The number of nitrogens with one attached hydrogen (secondary N) is 1. The summed E-state index contributed by atoms with van der Waals surface area (Å²) in [5.74, 6) is 0.0989. The van der Waals surface area contributed by atoms with Crippen molar-refractivity contribution in [1.29, 1.82) is 0 Å². The van der Waals surface area contributed by atoms with Gasteiger partial charge in [-0.25, -0.2) is 4.39 Å². The monoisotopic (exact) mass is 405 g/mol. The second kappa shape index (κ2) is 9.83. The highest BCUT2D eigenvalue weighted by molar-refractivity contribution is 6.09. The molecule has 1 atom stereocenters. The number of hydrogen-bond acceptors (Lipinski definition) is 3. The van der Waals surface area contributed by atoms with Crippen LogP contribution < -0.4 is 10.1 Å². The lowest BCUT2D eigenvalue weighted by Gasteiger charge is -2.11. The van der Waals surface area contributed by atoms with Crippen molar-refractivity contribution in [2.24, 2.45) is 0 Å². The second-order valence-electron chi connectivity index (χ2n) is 7.13. The van der Waals surface area contributed by atoms with Gasteiger partial charge in [0, 0.05) is 16.8 Å². The topological polar surface area (TPSA) is 55.4 Å². The van der Waals surface area contributed by atoms with E-state index >= 15 is 0 Å². The van der Waals surface area contributed by atoms with Crippen LogP contribution in [-0.4, -0.2) is 18.3 Å². The van der Waals surface area contributed by atoms with Crippen LogP contribution in [0.4, 0.5) is 10.1 Å². The molecule has 0 saturated carbocycles. The summed E-state index contributed by atoms with van der Waals surface area (Å²) in [7, 11) is 0. The van der Waals surface area contributed by atoms with E-state index in [0.29, 0.717) is 22.8 Å². The number of carbonyl (C=O) groups excluding carboxylic acids is 2. The van der Waals surface area contributed by atoms with Crippen LogP contribution in [0.2, 0.25) is 0 Å². The van der Waals surface area contributed by atoms with Gasteiger partial charge in [0.25, 0.3) is 5.91 Å². The van der Waals surface area contributed by atoms with Crippen molar-refractivity contribution in [2.45, 2.75) is 26.2 Å². The lowest BCUT2D eigenvalue weighted by molar-refractivity contribution is -0.118. The van der Waals surface area contributed by atoms with Crippen LogP contribution in [0.15, 0.2) is 72.8 Å². The van der Waals surface area contributed by atoms with Crippen LogP contribution in [0.5, 0.6) is 5.75 Å². The molecule has 0 saturated heterocycles. The minimum Gasteiger partial charge on any atom is -0.484 e. The zero-order valence-corrected chi connectivity index (χ0v) is 17.0. The van der Waals surface area contributed by atoms with Crippen molar-refractivity contribution in [2.75, 3.05) is 11.9 Å². The molecule has 0 bridgehead atoms. The Bertz CT molecular complexity index is 996. The quantitative estimate of drug-likeness (QED) is 0.497. The number of ketones is 1. The number of hydrogen-bond donors (Lipinski definition) is 1. The molecule has 0 aromatic heterocycles. The van der Waals surface area contributed by atoms with Gasteiger partial charge in [0.05, 0.1) is 0 Å². The zero-order chi connectivity index (χ0) is 21.5. The molecular weight excluding hydrogens is 381 g/mol. The number of rotatable bonds is 8. The van der Waals surface area contributed by atoms with E-state index in [9.17, 15) is 14.0 Å². The molecule has 1 N–H and O–H groups in total. The maximum absolute atomic E-state index is 13.0. The van der Waals surface area contributed by atoms with E-state index in [1.807, 2.05) is 24.3 Å². The summed E-state index contributed by atoms with van der Waals surface area (Å²) in [4.78, 5) is 24.5. The van der Waals surface area contributed by atoms with Gasteiger partial charge in [0.2, 0.25) is 0 Å². The predicted molar refractivity (Wildman–Crippen MR) is 116 cm³/mol. The third-order valence-electron chi connectivity index (χ3n) is 4.97. The number of halogens is 1. The number of amides is 1. The van der Waals surface area contributed by atoms with E-state index in [1.54, 1.807) is 24.3 Å². The Labute approximate surface area is 175 Å². The molecule has 3 aromatic rings. The highest BCUT2D eigenvalue weighted by Crippen LogP contribution is 2.20. The first-order valence-corrected chi connectivity index (χ1v) is 9.89. The molecule has 0 spiro atoms. The van der Waals surface area contributed by atoms with Crippen LogP contribution in [0.25, 0.3) is 0 Å². The first kappa shape index (κ1) is 21.2. The first-order valence-electron chi connectivity index (χ1n) is 9.89. The normalized spacial score (nSPS) is 11.6. The summed E-state index contributed by atoms with van der Waals surface area (Å²) in [6.07, 6.45) is 1.06. The Morgan fingerprint density at radius 3 is 2.03 bits per heavy atom. The zero-order valence-electron chi connectivity index (χ0n) is 17.0. The Kier molecular flexibility index (Phi) is 6.96. The molecule has 0 aliphatic heterocycles. The standard InChI is InChI=1S/C25H24FNO3/c1-3-17(2)18-6-12-22(13-7-18)27-24(28)16-30-23-14-8-20(9-15-23)25(29)19-4-10-21(26)11-5-19/h4-15,17H,3,16H2,1-2H3,(H,27,28)/t17-/m1/s1. The summed E-state index contributed by atoms with van der Waals surface area (Å²) >= 11 is 0. The molecule has 4 nitrogen and oxygen atoms in total. The van der Waals surface area contributed by atoms with E-state index in [4.69, 9.17) is 4.74 Å². The largest absolute Gasteiger partial charge is 0.484 e. The molecule has 0 fully saturated rings.